The van der Waals surface area contributed by atoms with Gasteiger partial charge < -0.3 is 14.9 Å². The number of hydrogen-bond donors (Lipinski definition) is 2. The van der Waals surface area contributed by atoms with Crippen LogP contribution in [-0.4, -0.2) is 27.6 Å². The molecule has 2 aromatic heterocycles. The number of Topliss-reactive ketones (excluding diaryl/α,β-unsaturated/α-hetero) is 1. The zero-order valence-electron chi connectivity index (χ0n) is 14.4. The van der Waals surface area contributed by atoms with Gasteiger partial charge in [0.1, 0.15) is 0 Å². The molecule has 0 saturated heterocycles. The predicted molar refractivity (Wildman–Crippen MR) is 101 cm³/mol. The zero-order chi connectivity index (χ0) is 17.8. The van der Waals surface area contributed by atoms with Crippen molar-refractivity contribution >= 4 is 28.6 Å². The van der Waals surface area contributed by atoms with Crippen LogP contribution in [0.15, 0.2) is 24.4 Å². The second-order valence-corrected chi connectivity index (χ2v) is 7.37. The van der Waals surface area contributed by atoms with E-state index in [0.29, 0.717) is 34.9 Å². The number of nitrogens with zero attached hydrogens (tertiary/aromatic N) is 1. The summed E-state index contributed by atoms with van der Waals surface area (Å²) in [6.07, 6.45) is 10.0. The predicted octanol–water partition coefficient (Wildman–Crippen LogP) is 4.69. The molecule has 4 nitrogen and oxygen atoms in total. The number of pyridine rings is 1. The number of aromatic nitrogens is 1. The summed E-state index contributed by atoms with van der Waals surface area (Å²) in [6, 6.07) is 5.36. The normalized spacial score (nSPS) is 16.1. The largest absolute Gasteiger partial charge is 0.396 e. The van der Waals surface area contributed by atoms with E-state index in [4.69, 9.17) is 17.0 Å². The van der Waals surface area contributed by atoms with E-state index in [0.717, 1.165) is 18.5 Å². The van der Waals surface area contributed by atoms with Crippen LogP contribution in [-0.2, 0) is 6.42 Å². The third-order valence-electron chi connectivity index (χ3n) is 5.17. The Bertz CT molecular complexity index is 773. The maximum Gasteiger partial charge on any atom is 0.208 e. The average molecular weight is 361 g/mol. The van der Waals surface area contributed by atoms with Gasteiger partial charge in [-0.25, -0.2) is 0 Å². The number of nitrogens with one attached hydrogen (secondary N) is 1. The summed E-state index contributed by atoms with van der Waals surface area (Å²) in [5, 5.41) is 18.1. The molecule has 0 aromatic carbocycles. The summed E-state index contributed by atoms with van der Waals surface area (Å²) >= 11 is 6.33. The van der Waals surface area contributed by atoms with Crippen LogP contribution in [0.5, 0.6) is 0 Å². The highest BCUT2D eigenvalue weighted by Gasteiger charge is 2.23. The number of aliphatic hydroxyl groups is 1. The highest BCUT2D eigenvalue weighted by atomic mass is 35.5. The Morgan fingerprint density at radius 3 is 2.68 bits per heavy atom. The minimum absolute atomic E-state index is 0.00573. The molecule has 0 aliphatic heterocycles. The van der Waals surface area contributed by atoms with E-state index in [9.17, 15) is 9.90 Å². The monoisotopic (exact) mass is 360 g/mol. The van der Waals surface area contributed by atoms with Crippen molar-refractivity contribution in [1.82, 2.24) is 4.40 Å². The van der Waals surface area contributed by atoms with Gasteiger partial charge in [-0.1, -0.05) is 50.1 Å². The first-order valence-corrected chi connectivity index (χ1v) is 9.51. The molecule has 2 heterocycles. The van der Waals surface area contributed by atoms with Gasteiger partial charge in [0.2, 0.25) is 5.78 Å². The standard InChI is InChI=1S/C20H25ClN2O2/c21-17-8-5-10-23-15(9-11-24)13-16(19(17)23)20(25)18(22)12-14-6-3-1-2-4-7-14/h5,8,10,13-14,22,24H,1-4,6-7,9,11-12H2. The number of fused-ring (bicyclic) bond motifs is 1. The molecule has 1 aliphatic rings. The van der Waals surface area contributed by atoms with Gasteiger partial charge in [0.05, 0.1) is 21.8 Å². The van der Waals surface area contributed by atoms with Gasteiger partial charge in [-0.05, 0) is 30.5 Å². The molecule has 1 fully saturated rings. The third-order valence-corrected chi connectivity index (χ3v) is 5.48. The summed E-state index contributed by atoms with van der Waals surface area (Å²) in [7, 11) is 0. The number of aliphatic hydroxyl groups excluding tert-OH is 1. The van der Waals surface area contributed by atoms with Crippen LogP contribution in [0.3, 0.4) is 0 Å². The number of carbonyl (C=O) groups excluding carboxylic acids is 1. The van der Waals surface area contributed by atoms with E-state index in [-0.39, 0.29) is 18.1 Å². The fourth-order valence-electron chi connectivity index (χ4n) is 3.88. The van der Waals surface area contributed by atoms with Gasteiger partial charge in [-0.15, -0.1) is 0 Å². The first kappa shape index (κ1) is 18.2. The maximum absolute atomic E-state index is 12.9. The van der Waals surface area contributed by atoms with E-state index < -0.39 is 0 Å². The van der Waals surface area contributed by atoms with Gasteiger partial charge in [0.25, 0.3) is 0 Å². The van der Waals surface area contributed by atoms with Crippen LogP contribution >= 0.6 is 11.6 Å². The molecular formula is C20H25ClN2O2. The first-order chi connectivity index (χ1) is 12.1. The lowest BCUT2D eigenvalue weighted by Gasteiger charge is -2.13. The number of ketones is 1. The molecule has 1 aliphatic carbocycles. The highest BCUT2D eigenvalue weighted by Crippen LogP contribution is 2.29. The molecule has 134 valence electrons. The van der Waals surface area contributed by atoms with Crippen molar-refractivity contribution < 1.29 is 9.90 Å². The Morgan fingerprint density at radius 1 is 1.28 bits per heavy atom. The van der Waals surface area contributed by atoms with Gasteiger partial charge in [0.15, 0.2) is 0 Å². The molecule has 1 saturated carbocycles. The molecular weight excluding hydrogens is 336 g/mol. The lowest BCUT2D eigenvalue weighted by molar-refractivity contribution is 0.106. The van der Waals surface area contributed by atoms with Crippen LogP contribution in [0.4, 0.5) is 0 Å². The smallest absolute Gasteiger partial charge is 0.208 e. The highest BCUT2D eigenvalue weighted by molar-refractivity contribution is 6.47. The SMILES string of the molecule is N=C(CC1CCCCCC1)C(=O)c1cc(CCO)n2cccc(Cl)c12. The van der Waals surface area contributed by atoms with Crippen LogP contribution in [0.1, 0.15) is 61.0 Å². The molecule has 0 radical (unpaired) electrons. The van der Waals surface area contributed by atoms with E-state index >= 15 is 0 Å². The van der Waals surface area contributed by atoms with Crippen molar-refractivity contribution in [2.24, 2.45) is 5.92 Å². The second kappa shape index (κ2) is 8.15. The van der Waals surface area contributed by atoms with Crippen molar-refractivity contribution in [3.05, 3.63) is 40.7 Å². The quantitative estimate of drug-likeness (QED) is 0.446. The number of hydrogen-bond acceptors (Lipinski definition) is 3. The number of carbonyl (C=O) groups is 1. The summed E-state index contributed by atoms with van der Waals surface area (Å²) in [6.45, 7) is 0.00573. The van der Waals surface area contributed by atoms with Crippen molar-refractivity contribution in [2.75, 3.05) is 6.61 Å². The molecule has 0 spiro atoms. The summed E-state index contributed by atoms with van der Waals surface area (Å²) in [5.74, 6) is 0.208. The minimum Gasteiger partial charge on any atom is -0.396 e. The molecule has 0 atom stereocenters. The molecule has 5 heteroatoms. The van der Waals surface area contributed by atoms with Gasteiger partial charge in [0, 0.05) is 24.9 Å². The van der Waals surface area contributed by atoms with Crippen molar-refractivity contribution in [3.8, 4) is 0 Å². The Kier molecular flexibility index (Phi) is 5.92. The molecule has 25 heavy (non-hydrogen) atoms. The van der Waals surface area contributed by atoms with Crippen molar-refractivity contribution in [2.45, 2.75) is 51.4 Å². The zero-order valence-corrected chi connectivity index (χ0v) is 15.2. The van der Waals surface area contributed by atoms with Gasteiger partial charge in [-0.2, -0.15) is 0 Å². The topological polar surface area (TPSA) is 65.6 Å². The summed E-state index contributed by atoms with van der Waals surface area (Å²) < 4.78 is 1.85. The fourth-order valence-corrected chi connectivity index (χ4v) is 4.14. The molecule has 0 unspecified atom stereocenters. The van der Waals surface area contributed by atoms with Crippen LogP contribution in [0.2, 0.25) is 5.02 Å². The van der Waals surface area contributed by atoms with Crippen LogP contribution < -0.4 is 0 Å². The first-order valence-electron chi connectivity index (χ1n) is 9.13. The number of halogens is 1. The molecule has 3 rings (SSSR count). The Morgan fingerprint density at radius 2 is 2.00 bits per heavy atom. The Labute approximate surface area is 153 Å². The van der Waals surface area contributed by atoms with Crippen LogP contribution in [0.25, 0.3) is 5.52 Å². The summed E-state index contributed by atoms with van der Waals surface area (Å²) in [4.78, 5) is 12.9. The maximum atomic E-state index is 12.9. The van der Waals surface area contributed by atoms with Crippen LogP contribution in [0, 0.1) is 11.3 Å². The van der Waals surface area contributed by atoms with Gasteiger partial charge in [-0.3, -0.25) is 4.79 Å². The van der Waals surface area contributed by atoms with Crippen molar-refractivity contribution in [3.63, 3.8) is 0 Å². The fraction of sp³-hybridized carbons (Fsp3) is 0.500. The Balaban J connectivity index is 1.87. The minimum atomic E-state index is -0.237. The lowest BCUT2D eigenvalue weighted by atomic mass is 9.91. The van der Waals surface area contributed by atoms with E-state index in [1.165, 1.54) is 25.7 Å². The number of rotatable bonds is 6. The van der Waals surface area contributed by atoms with E-state index in [1.807, 2.05) is 16.7 Å². The average Bonchev–Trinajstić information content (AvgIpc) is 2.78. The van der Waals surface area contributed by atoms with Gasteiger partial charge >= 0.3 is 0 Å². The third kappa shape index (κ3) is 3.96. The molecule has 2 N–H and O–H groups in total. The van der Waals surface area contributed by atoms with E-state index in [2.05, 4.69) is 0 Å². The van der Waals surface area contributed by atoms with E-state index in [1.54, 1.807) is 12.1 Å². The molecule has 0 amide bonds. The second-order valence-electron chi connectivity index (χ2n) is 6.97. The van der Waals surface area contributed by atoms with Crippen molar-refractivity contribution in [1.29, 1.82) is 5.41 Å². The summed E-state index contributed by atoms with van der Waals surface area (Å²) in [5.41, 5.74) is 2.14. The molecule has 0 bridgehead atoms. The Hall–Kier alpha value is -1.65. The molecule has 2 aromatic rings. The lowest BCUT2D eigenvalue weighted by Crippen LogP contribution is -2.17.